The predicted octanol–water partition coefficient (Wildman–Crippen LogP) is 1.79. The van der Waals surface area contributed by atoms with Gasteiger partial charge in [-0.2, -0.15) is 0 Å². The van der Waals surface area contributed by atoms with Gasteiger partial charge in [0.25, 0.3) is 0 Å². The van der Waals surface area contributed by atoms with E-state index >= 15 is 0 Å². The molecule has 20 heavy (non-hydrogen) atoms. The van der Waals surface area contributed by atoms with Crippen molar-refractivity contribution in [3.8, 4) is 11.5 Å². The maximum absolute atomic E-state index is 13.3. The minimum absolute atomic E-state index is 0.415. The van der Waals surface area contributed by atoms with Crippen LogP contribution in [0, 0.1) is 5.82 Å². The number of nitrogens with two attached hydrogens (primary N) is 1. The number of benzene rings is 1. The fraction of sp³-hybridized carbons (Fsp3) is 0.214. The average Bonchev–Trinajstić information content (AvgIpc) is 2.47. The zero-order valence-corrected chi connectivity index (χ0v) is 11.3. The standard InChI is InChI=1S/C14H16FN3O2/c1-19-12-4-9(5-13(6-12)20-2)14(18-16)10-3-11(15)8-17-7-10/h3-8,14,18H,16H2,1-2H3. The van der Waals surface area contributed by atoms with E-state index in [-0.39, 0.29) is 0 Å². The Bertz CT molecular complexity index is 570. The highest BCUT2D eigenvalue weighted by Gasteiger charge is 2.16. The van der Waals surface area contributed by atoms with Crippen molar-refractivity contribution in [2.45, 2.75) is 6.04 Å². The van der Waals surface area contributed by atoms with E-state index in [9.17, 15) is 4.39 Å². The first-order valence-corrected chi connectivity index (χ1v) is 5.97. The lowest BCUT2D eigenvalue weighted by molar-refractivity contribution is 0.392. The number of nitrogens with one attached hydrogen (secondary N) is 1. The molecule has 6 heteroatoms. The van der Waals surface area contributed by atoms with Crippen molar-refractivity contribution in [2.75, 3.05) is 14.2 Å². The molecule has 0 saturated heterocycles. The Kier molecular flexibility index (Phi) is 4.49. The number of pyridine rings is 1. The van der Waals surface area contributed by atoms with Gasteiger partial charge in [0.15, 0.2) is 0 Å². The summed E-state index contributed by atoms with van der Waals surface area (Å²) in [5.74, 6) is 6.43. The molecule has 0 aliphatic carbocycles. The Morgan fingerprint density at radius 2 is 1.70 bits per heavy atom. The quantitative estimate of drug-likeness (QED) is 0.644. The highest BCUT2D eigenvalue weighted by Crippen LogP contribution is 2.29. The van der Waals surface area contributed by atoms with Crippen molar-refractivity contribution >= 4 is 0 Å². The van der Waals surface area contributed by atoms with Crippen LogP contribution in [0.4, 0.5) is 4.39 Å². The van der Waals surface area contributed by atoms with Gasteiger partial charge >= 0.3 is 0 Å². The van der Waals surface area contributed by atoms with Crippen molar-refractivity contribution in [3.05, 3.63) is 53.6 Å². The van der Waals surface area contributed by atoms with Gasteiger partial charge in [0.05, 0.1) is 26.5 Å². The van der Waals surface area contributed by atoms with Crippen LogP contribution in [-0.4, -0.2) is 19.2 Å². The molecule has 0 aliphatic heterocycles. The largest absolute Gasteiger partial charge is 0.497 e. The minimum Gasteiger partial charge on any atom is -0.497 e. The molecule has 2 aromatic rings. The second-order valence-corrected chi connectivity index (χ2v) is 4.18. The van der Waals surface area contributed by atoms with Gasteiger partial charge < -0.3 is 9.47 Å². The molecule has 0 saturated carbocycles. The summed E-state index contributed by atoms with van der Waals surface area (Å²) in [5, 5.41) is 0. The lowest BCUT2D eigenvalue weighted by atomic mass is 10.00. The molecular weight excluding hydrogens is 261 g/mol. The Hall–Kier alpha value is -2.18. The summed E-state index contributed by atoms with van der Waals surface area (Å²) >= 11 is 0. The smallest absolute Gasteiger partial charge is 0.141 e. The van der Waals surface area contributed by atoms with E-state index in [0.717, 1.165) is 11.8 Å². The number of halogens is 1. The molecule has 0 radical (unpaired) electrons. The molecule has 0 amide bonds. The first-order valence-electron chi connectivity index (χ1n) is 5.97. The van der Waals surface area contributed by atoms with Gasteiger partial charge in [0.2, 0.25) is 0 Å². The first kappa shape index (κ1) is 14.2. The van der Waals surface area contributed by atoms with Crippen LogP contribution >= 0.6 is 0 Å². The lowest BCUT2D eigenvalue weighted by Gasteiger charge is -2.18. The zero-order valence-electron chi connectivity index (χ0n) is 11.3. The molecule has 0 fully saturated rings. The van der Waals surface area contributed by atoms with Crippen molar-refractivity contribution in [1.29, 1.82) is 0 Å². The summed E-state index contributed by atoms with van der Waals surface area (Å²) in [5.41, 5.74) is 4.05. The molecule has 2 rings (SSSR count). The maximum atomic E-state index is 13.3. The molecule has 1 aromatic heterocycles. The molecule has 0 spiro atoms. The SMILES string of the molecule is COc1cc(OC)cc(C(NN)c2cncc(F)c2)c1. The average molecular weight is 277 g/mol. The van der Waals surface area contributed by atoms with E-state index in [1.807, 2.05) is 0 Å². The Morgan fingerprint density at radius 3 is 2.20 bits per heavy atom. The van der Waals surface area contributed by atoms with Crippen LogP contribution in [-0.2, 0) is 0 Å². The van der Waals surface area contributed by atoms with Crippen LogP contribution in [0.25, 0.3) is 0 Å². The summed E-state index contributed by atoms with van der Waals surface area (Å²) in [6.45, 7) is 0. The van der Waals surface area contributed by atoms with Crippen LogP contribution < -0.4 is 20.7 Å². The Morgan fingerprint density at radius 1 is 1.05 bits per heavy atom. The van der Waals surface area contributed by atoms with E-state index in [2.05, 4.69) is 10.4 Å². The molecule has 1 atom stereocenters. The fourth-order valence-electron chi connectivity index (χ4n) is 1.97. The van der Waals surface area contributed by atoms with Gasteiger partial charge in [-0.25, -0.2) is 9.82 Å². The normalized spacial score (nSPS) is 12.0. The number of hydrogen-bond acceptors (Lipinski definition) is 5. The van der Waals surface area contributed by atoms with Gasteiger partial charge in [-0.15, -0.1) is 0 Å². The van der Waals surface area contributed by atoms with Gasteiger partial charge in [-0.3, -0.25) is 10.8 Å². The highest BCUT2D eigenvalue weighted by atomic mass is 19.1. The number of aromatic nitrogens is 1. The first-order chi connectivity index (χ1) is 9.67. The topological polar surface area (TPSA) is 69.4 Å². The number of nitrogens with zero attached hydrogens (tertiary/aromatic N) is 1. The highest BCUT2D eigenvalue weighted by molar-refractivity contribution is 5.42. The molecule has 0 aliphatic rings. The van der Waals surface area contributed by atoms with Crippen LogP contribution in [0.1, 0.15) is 17.2 Å². The summed E-state index contributed by atoms with van der Waals surface area (Å²) in [6.07, 6.45) is 2.70. The molecule has 1 heterocycles. The molecule has 3 N–H and O–H groups in total. The molecular formula is C14H16FN3O2. The van der Waals surface area contributed by atoms with Crippen LogP contribution in [0.5, 0.6) is 11.5 Å². The molecule has 106 valence electrons. The Balaban J connectivity index is 2.45. The zero-order chi connectivity index (χ0) is 14.5. The monoisotopic (exact) mass is 277 g/mol. The summed E-state index contributed by atoms with van der Waals surface area (Å²) in [4.78, 5) is 3.83. The second-order valence-electron chi connectivity index (χ2n) is 4.18. The van der Waals surface area contributed by atoms with Gasteiger partial charge in [-0.05, 0) is 29.3 Å². The van der Waals surface area contributed by atoms with Gasteiger partial charge in [-0.1, -0.05) is 0 Å². The van der Waals surface area contributed by atoms with Gasteiger partial charge in [0.1, 0.15) is 17.3 Å². The number of methoxy groups -OCH3 is 2. The van der Waals surface area contributed by atoms with Crippen molar-refractivity contribution in [2.24, 2.45) is 5.84 Å². The van der Waals surface area contributed by atoms with E-state index in [4.69, 9.17) is 15.3 Å². The van der Waals surface area contributed by atoms with Crippen LogP contribution in [0.15, 0.2) is 36.7 Å². The van der Waals surface area contributed by atoms with Crippen LogP contribution in [0.3, 0.4) is 0 Å². The number of ether oxygens (including phenoxy) is 2. The van der Waals surface area contributed by atoms with Crippen molar-refractivity contribution in [1.82, 2.24) is 10.4 Å². The lowest BCUT2D eigenvalue weighted by Crippen LogP contribution is -2.29. The molecule has 0 bridgehead atoms. The molecule has 5 nitrogen and oxygen atoms in total. The van der Waals surface area contributed by atoms with Crippen molar-refractivity contribution < 1.29 is 13.9 Å². The third-order valence-corrected chi connectivity index (χ3v) is 2.93. The maximum Gasteiger partial charge on any atom is 0.141 e. The number of hydrogen-bond donors (Lipinski definition) is 2. The number of rotatable bonds is 5. The second kappa shape index (κ2) is 6.31. The van der Waals surface area contributed by atoms with E-state index in [1.165, 1.54) is 6.07 Å². The molecule has 1 unspecified atom stereocenters. The minimum atomic E-state index is -0.419. The molecule has 1 aromatic carbocycles. The van der Waals surface area contributed by atoms with E-state index < -0.39 is 11.9 Å². The number of hydrazine groups is 1. The summed E-state index contributed by atoms with van der Waals surface area (Å²) < 4.78 is 23.7. The predicted molar refractivity (Wildman–Crippen MR) is 72.9 cm³/mol. The van der Waals surface area contributed by atoms with Gasteiger partial charge in [0, 0.05) is 12.3 Å². The van der Waals surface area contributed by atoms with Crippen molar-refractivity contribution in [3.63, 3.8) is 0 Å². The van der Waals surface area contributed by atoms with E-state index in [1.54, 1.807) is 38.6 Å². The fourth-order valence-corrected chi connectivity index (χ4v) is 1.97. The third-order valence-electron chi connectivity index (χ3n) is 2.93. The Labute approximate surface area is 116 Å². The van der Waals surface area contributed by atoms with Crippen LogP contribution in [0.2, 0.25) is 0 Å². The summed E-state index contributed by atoms with van der Waals surface area (Å²) in [7, 11) is 3.13. The van der Waals surface area contributed by atoms with E-state index in [0.29, 0.717) is 17.1 Å². The third kappa shape index (κ3) is 3.04. The summed E-state index contributed by atoms with van der Waals surface area (Å²) in [6, 6.07) is 6.32.